The fraction of sp³-hybridized carbons (Fsp3) is 0.261. The van der Waals surface area contributed by atoms with E-state index in [9.17, 15) is 4.79 Å². The number of nitrogens with one attached hydrogen (secondary N) is 1. The molecule has 156 valence electrons. The lowest BCUT2D eigenvalue weighted by Gasteiger charge is -2.33. The molecule has 0 spiro atoms. The van der Waals surface area contributed by atoms with Gasteiger partial charge in [0, 0.05) is 55.1 Å². The smallest absolute Gasteiger partial charge is 0.169 e. The Hall–Kier alpha value is -3.65. The van der Waals surface area contributed by atoms with Gasteiger partial charge in [-0.05, 0) is 42.9 Å². The number of piperazine rings is 1. The van der Waals surface area contributed by atoms with Gasteiger partial charge in [-0.25, -0.2) is 4.98 Å². The van der Waals surface area contributed by atoms with Gasteiger partial charge in [0.1, 0.15) is 5.82 Å². The van der Waals surface area contributed by atoms with Gasteiger partial charge < -0.3 is 9.80 Å². The highest BCUT2D eigenvalue weighted by Crippen LogP contribution is 2.23. The number of pyridine rings is 1. The molecule has 1 fully saturated rings. The van der Waals surface area contributed by atoms with Gasteiger partial charge in [-0.15, -0.1) is 0 Å². The van der Waals surface area contributed by atoms with Crippen LogP contribution in [0.3, 0.4) is 0 Å². The van der Waals surface area contributed by atoms with Gasteiger partial charge in [0.25, 0.3) is 0 Å². The summed E-state index contributed by atoms with van der Waals surface area (Å²) < 4.78 is 0. The predicted molar refractivity (Wildman–Crippen MR) is 119 cm³/mol. The second kappa shape index (κ2) is 8.23. The summed E-state index contributed by atoms with van der Waals surface area (Å²) in [5, 5.41) is 16.3. The first-order chi connectivity index (χ1) is 15.2. The first kappa shape index (κ1) is 19.3. The monoisotopic (exact) mass is 413 g/mol. The molecule has 0 amide bonds. The summed E-state index contributed by atoms with van der Waals surface area (Å²) in [4.78, 5) is 21.9. The van der Waals surface area contributed by atoms with Gasteiger partial charge in [0.15, 0.2) is 5.78 Å². The van der Waals surface area contributed by atoms with Crippen LogP contribution in [-0.2, 0) is 6.42 Å². The van der Waals surface area contributed by atoms with Crippen LogP contribution in [0.1, 0.15) is 16.1 Å². The van der Waals surface area contributed by atoms with E-state index in [0.29, 0.717) is 11.3 Å². The Morgan fingerprint density at radius 2 is 1.90 bits per heavy atom. The van der Waals surface area contributed by atoms with Crippen molar-refractivity contribution in [2.45, 2.75) is 6.42 Å². The van der Waals surface area contributed by atoms with E-state index >= 15 is 0 Å². The molecule has 0 saturated carbocycles. The first-order valence-electron chi connectivity index (χ1n) is 10.3. The average molecular weight is 413 g/mol. The van der Waals surface area contributed by atoms with Crippen molar-refractivity contribution in [2.75, 3.05) is 38.1 Å². The van der Waals surface area contributed by atoms with Crippen LogP contribution in [0.4, 0.5) is 5.82 Å². The Labute approximate surface area is 179 Å². The number of benzene rings is 1. The van der Waals surface area contributed by atoms with E-state index in [1.54, 1.807) is 18.5 Å². The van der Waals surface area contributed by atoms with Gasteiger partial charge >= 0.3 is 0 Å². The zero-order chi connectivity index (χ0) is 21.2. The van der Waals surface area contributed by atoms with E-state index in [1.165, 1.54) is 0 Å². The summed E-state index contributed by atoms with van der Waals surface area (Å²) in [7, 11) is 2.12. The number of nitrogens with zero attached hydrogens (tertiary/aromatic N) is 6. The van der Waals surface area contributed by atoms with Crippen LogP contribution in [0, 0.1) is 0 Å². The number of likely N-dealkylation sites (N-methyl/N-ethyl adjacent to an activating group) is 1. The van der Waals surface area contributed by atoms with E-state index in [4.69, 9.17) is 0 Å². The molecule has 8 nitrogen and oxygen atoms in total. The number of hydrogen-bond acceptors (Lipinski definition) is 7. The molecular formula is C23H23N7O. The van der Waals surface area contributed by atoms with Gasteiger partial charge in [-0.1, -0.05) is 6.07 Å². The van der Waals surface area contributed by atoms with Gasteiger partial charge in [-0.2, -0.15) is 15.3 Å². The number of ketones is 1. The molecule has 1 aromatic carbocycles. The first-order valence-corrected chi connectivity index (χ1v) is 10.3. The molecule has 0 bridgehead atoms. The third kappa shape index (κ3) is 4.15. The van der Waals surface area contributed by atoms with Gasteiger partial charge in [0.05, 0.1) is 23.8 Å². The fourth-order valence-electron chi connectivity index (χ4n) is 3.83. The molecule has 0 radical (unpaired) electrons. The van der Waals surface area contributed by atoms with Crippen molar-refractivity contribution in [1.82, 2.24) is 30.3 Å². The number of fused-ring (bicyclic) bond motifs is 1. The van der Waals surface area contributed by atoms with Crippen LogP contribution in [-0.4, -0.2) is 69.3 Å². The third-order valence-corrected chi connectivity index (χ3v) is 5.70. The summed E-state index contributed by atoms with van der Waals surface area (Å²) in [5.74, 6) is 0.866. The second-order valence-electron chi connectivity index (χ2n) is 7.89. The summed E-state index contributed by atoms with van der Waals surface area (Å²) in [5.41, 5.74) is 4.14. The molecular weight excluding hydrogens is 390 g/mol. The molecule has 1 aliphatic rings. The Morgan fingerprint density at radius 1 is 1.03 bits per heavy atom. The van der Waals surface area contributed by atoms with E-state index in [2.05, 4.69) is 42.2 Å². The molecule has 1 N–H and O–H groups in total. The van der Waals surface area contributed by atoms with Crippen molar-refractivity contribution in [3.8, 4) is 11.1 Å². The lowest BCUT2D eigenvalue weighted by atomic mass is 10.0. The van der Waals surface area contributed by atoms with Crippen LogP contribution < -0.4 is 4.90 Å². The maximum Gasteiger partial charge on any atom is 0.169 e. The Bertz CT molecular complexity index is 1210. The van der Waals surface area contributed by atoms with Crippen LogP contribution in [0.15, 0.2) is 55.0 Å². The quantitative estimate of drug-likeness (QED) is 0.503. The maximum atomic E-state index is 13.0. The van der Waals surface area contributed by atoms with Crippen molar-refractivity contribution >= 4 is 22.5 Å². The van der Waals surface area contributed by atoms with Crippen molar-refractivity contribution in [3.05, 3.63) is 66.2 Å². The number of Topliss-reactive ketones (excluding diaryl/α,β-unsaturated/α-hetero) is 1. The molecule has 31 heavy (non-hydrogen) atoms. The van der Waals surface area contributed by atoms with Gasteiger partial charge in [-0.3, -0.25) is 9.89 Å². The summed E-state index contributed by atoms with van der Waals surface area (Å²) in [6.07, 6.45) is 5.54. The van der Waals surface area contributed by atoms with Crippen molar-refractivity contribution in [2.24, 2.45) is 0 Å². The molecule has 1 saturated heterocycles. The minimum absolute atomic E-state index is 0.0115. The predicted octanol–water partition coefficient (Wildman–Crippen LogP) is 2.59. The molecule has 3 aromatic heterocycles. The van der Waals surface area contributed by atoms with Gasteiger partial charge in [0.2, 0.25) is 0 Å². The van der Waals surface area contributed by atoms with E-state index in [0.717, 1.165) is 54.0 Å². The fourth-order valence-corrected chi connectivity index (χ4v) is 3.83. The number of carbonyl (C=O) groups is 1. The molecule has 5 rings (SSSR count). The van der Waals surface area contributed by atoms with Crippen LogP contribution in [0.2, 0.25) is 0 Å². The minimum Gasteiger partial charge on any atom is -0.354 e. The second-order valence-corrected chi connectivity index (χ2v) is 7.89. The van der Waals surface area contributed by atoms with Crippen molar-refractivity contribution in [1.29, 1.82) is 0 Å². The van der Waals surface area contributed by atoms with Crippen LogP contribution in [0.25, 0.3) is 22.0 Å². The van der Waals surface area contributed by atoms with E-state index in [1.807, 2.05) is 36.5 Å². The van der Waals surface area contributed by atoms with E-state index in [-0.39, 0.29) is 12.2 Å². The Kier molecular flexibility index (Phi) is 5.13. The number of rotatable bonds is 5. The molecule has 4 aromatic rings. The topological polar surface area (TPSA) is 90.9 Å². The van der Waals surface area contributed by atoms with Crippen LogP contribution in [0.5, 0.6) is 0 Å². The molecule has 0 atom stereocenters. The summed E-state index contributed by atoms with van der Waals surface area (Å²) >= 11 is 0. The molecule has 0 aliphatic carbocycles. The largest absolute Gasteiger partial charge is 0.354 e. The zero-order valence-corrected chi connectivity index (χ0v) is 17.3. The number of anilines is 1. The molecule has 4 heterocycles. The van der Waals surface area contributed by atoms with E-state index < -0.39 is 0 Å². The van der Waals surface area contributed by atoms with Crippen molar-refractivity contribution in [3.63, 3.8) is 0 Å². The highest BCUT2D eigenvalue weighted by molar-refractivity contribution is 5.98. The molecule has 8 heteroatoms. The number of hydrogen-bond donors (Lipinski definition) is 1. The van der Waals surface area contributed by atoms with Crippen molar-refractivity contribution < 1.29 is 4.79 Å². The normalized spacial score (nSPS) is 14.8. The number of H-pyrrole nitrogens is 1. The Balaban J connectivity index is 1.35. The SMILES string of the molecule is CN1CCN(c2cc(C(=O)Cc3cc4cc(-c5cn[nH]c5)ccc4nn3)ccn2)CC1. The number of aromatic nitrogens is 5. The maximum absolute atomic E-state index is 13.0. The summed E-state index contributed by atoms with van der Waals surface area (Å²) in [6, 6.07) is 11.6. The minimum atomic E-state index is 0.0115. The highest BCUT2D eigenvalue weighted by Gasteiger charge is 2.17. The lowest BCUT2D eigenvalue weighted by Crippen LogP contribution is -2.44. The molecule has 1 aliphatic heterocycles. The van der Waals surface area contributed by atoms with Crippen LogP contribution >= 0.6 is 0 Å². The highest BCUT2D eigenvalue weighted by atomic mass is 16.1. The number of aromatic amines is 1. The lowest BCUT2D eigenvalue weighted by molar-refractivity contribution is 0.0991. The zero-order valence-electron chi connectivity index (χ0n) is 17.3. The third-order valence-electron chi connectivity index (χ3n) is 5.70. The standard InChI is InChI=1S/C23H23N7O/c1-29-6-8-30(9-7-29)23-12-17(4-5-24-23)22(31)13-20-11-18-10-16(19-14-25-26-15-19)2-3-21(18)28-27-20/h2-5,10-12,14-15H,6-9,13H2,1H3,(H,25,26). The number of carbonyl (C=O) groups excluding carboxylic acids is 1. The molecule has 0 unspecified atom stereocenters. The summed E-state index contributed by atoms with van der Waals surface area (Å²) in [6.45, 7) is 3.81. The Morgan fingerprint density at radius 3 is 2.71 bits per heavy atom. The average Bonchev–Trinajstić information content (AvgIpc) is 3.34.